The Morgan fingerprint density at radius 1 is 1.44 bits per heavy atom. The SMILES string of the molecule is CNCCC1CC2(CN(C(=O)O)C2)C1C(C)(C)C. The second kappa shape index (κ2) is 4.41. The fourth-order valence-electron chi connectivity index (χ4n) is 4.51. The molecule has 1 saturated carbocycles. The smallest absolute Gasteiger partial charge is 0.407 e. The van der Waals surface area contributed by atoms with E-state index in [1.807, 2.05) is 7.05 Å². The van der Waals surface area contributed by atoms with Gasteiger partial charge in [0.1, 0.15) is 0 Å². The molecule has 2 N–H and O–H groups in total. The van der Waals surface area contributed by atoms with E-state index >= 15 is 0 Å². The summed E-state index contributed by atoms with van der Waals surface area (Å²) in [5.74, 6) is 1.42. The first kappa shape index (κ1) is 13.7. The number of carboxylic acid groups (broad SMARTS) is 1. The van der Waals surface area contributed by atoms with Gasteiger partial charge in [0.05, 0.1) is 0 Å². The average molecular weight is 254 g/mol. The van der Waals surface area contributed by atoms with Crippen molar-refractivity contribution in [3.05, 3.63) is 0 Å². The van der Waals surface area contributed by atoms with Crippen LogP contribution in [0.2, 0.25) is 0 Å². The minimum atomic E-state index is -0.757. The normalized spacial score (nSPS) is 29.9. The van der Waals surface area contributed by atoms with Crippen LogP contribution < -0.4 is 5.32 Å². The molecular weight excluding hydrogens is 228 g/mol. The molecule has 1 amide bonds. The summed E-state index contributed by atoms with van der Waals surface area (Å²) in [6.07, 6.45) is 1.67. The summed E-state index contributed by atoms with van der Waals surface area (Å²) in [7, 11) is 2.00. The number of hydrogen-bond acceptors (Lipinski definition) is 2. The van der Waals surface area contributed by atoms with Crippen molar-refractivity contribution in [1.82, 2.24) is 10.2 Å². The molecule has 2 fully saturated rings. The number of nitrogens with zero attached hydrogens (tertiary/aromatic N) is 1. The van der Waals surface area contributed by atoms with Crippen LogP contribution in [0.1, 0.15) is 33.6 Å². The van der Waals surface area contributed by atoms with E-state index in [2.05, 4.69) is 26.1 Å². The van der Waals surface area contributed by atoms with Gasteiger partial charge in [-0.15, -0.1) is 0 Å². The van der Waals surface area contributed by atoms with Crippen molar-refractivity contribution in [2.75, 3.05) is 26.7 Å². The van der Waals surface area contributed by atoms with Crippen molar-refractivity contribution in [2.24, 2.45) is 22.7 Å². The van der Waals surface area contributed by atoms with Crippen molar-refractivity contribution in [2.45, 2.75) is 33.6 Å². The lowest BCUT2D eigenvalue weighted by atomic mass is 9.43. The van der Waals surface area contributed by atoms with Crippen LogP contribution in [-0.2, 0) is 0 Å². The Bertz CT molecular complexity index is 329. The van der Waals surface area contributed by atoms with Crippen LogP contribution >= 0.6 is 0 Å². The molecule has 2 aliphatic rings. The predicted octanol–water partition coefficient (Wildman–Crippen LogP) is 2.26. The minimum absolute atomic E-state index is 0.279. The van der Waals surface area contributed by atoms with E-state index in [4.69, 9.17) is 5.11 Å². The molecule has 1 spiro atoms. The van der Waals surface area contributed by atoms with E-state index in [1.165, 1.54) is 12.8 Å². The van der Waals surface area contributed by atoms with Crippen LogP contribution in [0.15, 0.2) is 0 Å². The summed E-state index contributed by atoms with van der Waals surface area (Å²) in [5, 5.41) is 12.2. The maximum Gasteiger partial charge on any atom is 0.407 e. The number of amides is 1. The van der Waals surface area contributed by atoms with E-state index in [0.29, 0.717) is 5.92 Å². The first-order chi connectivity index (χ1) is 8.30. The minimum Gasteiger partial charge on any atom is -0.465 e. The summed E-state index contributed by atoms with van der Waals surface area (Å²) < 4.78 is 0. The molecule has 1 heterocycles. The topological polar surface area (TPSA) is 52.6 Å². The Labute approximate surface area is 110 Å². The Balaban J connectivity index is 2.00. The van der Waals surface area contributed by atoms with Gasteiger partial charge in [-0.25, -0.2) is 4.79 Å². The van der Waals surface area contributed by atoms with Gasteiger partial charge in [-0.1, -0.05) is 20.8 Å². The summed E-state index contributed by atoms with van der Waals surface area (Å²) >= 11 is 0. The Morgan fingerprint density at radius 2 is 2.06 bits per heavy atom. The van der Waals surface area contributed by atoms with Crippen molar-refractivity contribution in [3.63, 3.8) is 0 Å². The quantitative estimate of drug-likeness (QED) is 0.812. The number of carbonyl (C=O) groups is 1. The van der Waals surface area contributed by atoms with Gasteiger partial charge < -0.3 is 15.3 Å². The fourth-order valence-corrected chi connectivity index (χ4v) is 4.51. The fraction of sp³-hybridized carbons (Fsp3) is 0.929. The molecule has 2 atom stereocenters. The molecule has 2 unspecified atom stereocenters. The Morgan fingerprint density at radius 3 is 2.50 bits per heavy atom. The van der Waals surface area contributed by atoms with Gasteiger partial charge in [-0.05, 0) is 43.7 Å². The van der Waals surface area contributed by atoms with Gasteiger partial charge >= 0.3 is 6.09 Å². The van der Waals surface area contributed by atoms with Crippen LogP contribution in [-0.4, -0.2) is 42.8 Å². The number of likely N-dealkylation sites (tertiary alicyclic amines) is 1. The highest BCUT2D eigenvalue weighted by molar-refractivity contribution is 5.66. The molecule has 1 aliphatic heterocycles. The molecule has 0 radical (unpaired) electrons. The van der Waals surface area contributed by atoms with Crippen LogP contribution in [0, 0.1) is 22.7 Å². The first-order valence-corrected chi connectivity index (χ1v) is 6.93. The van der Waals surface area contributed by atoms with Gasteiger partial charge in [-0.2, -0.15) is 0 Å². The zero-order valence-corrected chi connectivity index (χ0v) is 12.0. The van der Waals surface area contributed by atoms with Crippen molar-refractivity contribution in [3.8, 4) is 0 Å². The van der Waals surface area contributed by atoms with Gasteiger partial charge in [0, 0.05) is 18.5 Å². The van der Waals surface area contributed by atoms with E-state index < -0.39 is 6.09 Å². The molecule has 1 saturated heterocycles. The maximum atomic E-state index is 10.9. The molecule has 0 aromatic heterocycles. The highest BCUT2D eigenvalue weighted by atomic mass is 16.4. The van der Waals surface area contributed by atoms with Gasteiger partial charge in [-0.3, -0.25) is 0 Å². The standard InChI is InChI=1S/C14H26N2O2/c1-13(2,3)11-10(5-6-15-4)7-14(11)8-16(9-14)12(17)18/h10-11,15H,5-9H2,1-4H3,(H,17,18). The maximum absolute atomic E-state index is 10.9. The molecule has 2 rings (SSSR count). The molecule has 4 heteroatoms. The van der Waals surface area contributed by atoms with Crippen LogP contribution in [0.25, 0.3) is 0 Å². The summed E-state index contributed by atoms with van der Waals surface area (Å²) in [6, 6.07) is 0. The Hall–Kier alpha value is -0.770. The zero-order chi connectivity index (χ0) is 13.6. The number of rotatable bonds is 3. The number of nitrogens with one attached hydrogen (secondary N) is 1. The third-order valence-corrected chi connectivity index (χ3v) is 4.78. The van der Waals surface area contributed by atoms with E-state index in [-0.39, 0.29) is 10.8 Å². The molecule has 0 aromatic rings. The molecule has 4 nitrogen and oxygen atoms in total. The molecule has 0 aromatic carbocycles. The monoisotopic (exact) mass is 254 g/mol. The second-order valence-corrected chi connectivity index (χ2v) is 7.20. The molecule has 104 valence electrons. The second-order valence-electron chi connectivity index (χ2n) is 7.20. The molecule has 0 bridgehead atoms. The van der Waals surface area contributed by atoms with Crippen molar-refractivity contribution < 1.29 is 9.90 Å². The van der Waals surface area contributed by atoms with Gasteiger partial charge in [0.25, 0.3) is 0 Å². The van der Waals surface area contributed by atoms with E-state index in [0.717, 1.165) is 25.6 Å². The summed E-state index contributed by atoms with van der Waals surface area (Å²) in [6.45, 7) is 9.47. The molecule has 18 heavy (non-hydrogen) atoms. The first-order valence-electron chi connectivity index (χ1n) is 6.93. The summed E-state index contributed by atoms with van der Waals surface area (Å²) in [5.41, 5.74) is 0.566. The zero-order valence-electron chi connectivity index (χ0n) is 12.0. The third-order valence-electron chi connectivity index (χ3n) is 4.78. The van der Waals surface area contributed by atoms with Crippen molar-refractivity contribution >= 4 is 6.09 Å². The van der Waals surface area contributed by atoms with Crippen LogP contribution in [0.4, 0.5) is 4.79 Å². The average Bonchev–Trinajstić information content (AvgIpc) is 2.09. The summed E-state index contributed by atoms with van der Waals surface area (Å²) in [4.78, 5) is 12.5. The predicted molar refractivity (Wildman–Crippen MR) is 71.6 cm³/mol. The third kappa shape index (κ3) is 2.11. The van der Waals surface area contributed by atoms with Crippen LogP contribution in [0.5, 0.6) is 0 Å². The van der Waals surface area contributed by atoms with Crippen molar-refractivity contribution in [1.29, 1.82) is 0 Å². The highest BCUT2D eigenvalue weighted by Gasteiger charge is 2.63. The van der Waals surface area contributed by atoms with Gasteiger partial charge in [0.15, 0.2) is 0 Å². The lowest BCUT2D eigenvalue weighted by Crippen LogP contribution is -2.70. The van der Waals surface area contributed by atoms with E-state index in [9.17, 15) is 4.79 Å². The highest BCUT2D eigenvalue weighted by Crippen LogP contribution is 2.63. The number of hydrogen-bond donors (Lipinski definition) is 2. The van der Waals surface area contributed by atoms with Gasteiger partial charge in [0.2, 0.25) is 0 Å². The van der Waals surface area contributed by atoms with E-state index in [1.54, 1.807) is 4.90 Å². The molecular formula is C14H26N2O2. The Kier molecular flexibility index (Phi) is 3.34. The largest absolute Gasteiger partial charge is 0.465 e. The lowest BCUT2D eigenvalue weighted by molar-refractivity contribution is -0.182. The molecule has 1 aliphatic carbocycles. The lowest BCUT2D eigenvalue weighted by Gasteiger charge is -2.67. The van der Waals surface area contributed by atoms with Crippen LogP contribution in [0.3, 0.4) is 0 Å².